The van der Waals surface area contributed by atoms with Gasteiger partial charge in [0.05, 0.1) is 0 Å². The fourth-order valence-electron chi connectivity index (χ4n) is 2.69. The third-order valence-corrected chi connectivity index (χ3v) is 3.56. The number of hydrogen-bond acceptors (Lipinski definition) is 3. The molecule has 4 aromatic rings. The van der Waals surface area contributed by atoms with Crippen LogP contribution in [0.2, 0.25) is 0 Å². The Balaban J connectivity index is 2.16. The van der Waals surface area contributed by atoms with Crippen molar-refractivity contribution < 1.29 is 14.1 Å². The van der Waals surface area contributed by atoms with Gasteiger partial charge in [-0.25, -0.2) is 0 Å². The molecule has 4 rings (SSSR count). The summed E-state index contributed by atoms with van der Waals surface area (Å²) < 4.78 is 11.0. The summed E-state index contributed by atoms with van der Waals surface area (Å²) >= 11 is 0. The first-order valence-corrected chi connectivity index (χ1v) is 6.44. The molecule has 0 spiro atoms. The van der Waals surface area contributed by atoms with E-state index in [1.807, 2.05) is 30.3 Å². The molecule has 0 atom stereocenters. The molecule has 1 aromatic heterocycles. The van der Waals surface area contributed by atoms with Gasteiger partial charge < -0.3 is 14.1 Å². The molecule has 0 aliphatic heterocycles. The molecule has 0 aliphatic rings. The first kappa shape index (κ1) is 11.4. The van der Waals surface area contributed by atoms with Crippen molar-refractivity contribution in [1.82, 2.24) is 0 Å². The number of benzene rings is 3. The van der Waals surface area contributed by atoms with Crippen molar-refractivity contribution in [2.24, 2.45) is 0 Å². The van der Waals surface area contributed by atoms with Crippen LogP contribution in [0, 0.1) is 0 Å². The number of fused-ring (bicyclic) bond motifs is 5. The van der Waals surface area contributed by atoms with Gasteiger partial charge in [-0.3, -0.25) is 0 Å². The Labute approximate surface area is 115 Å². The van der Waals surface area contributed by atoms with Gasteiger partial charge in [0.2, 0.25) is 0 Å². The Hall–Kier alpha value is -2.46. The molecular weight excluding hydrogens is 251 g/mol. The molecule has 4 heteroatoms. The zero-order valence-electron chi connectivity index (χ0n) is 10.7. The van der Waals surface area contributed by atoms with Gasteiger partial charge in [-0.1, -0.05) is 30.3 Å². The van der Waals surface area contributed by atoms with E-state index in [0.717, 1.165) is 27.3 Å². The summed E-state index contributed by atoms with van der Waals surface area (Å²) in [6, 6.07) is 17.8. The van der Waals surface area contributed by atoms with E-state index in [4.69, 9.17) is 14.1 Å². The van der Waals surface area contributed by atoms with Crippen molar-refractivity contribution in [2.75, 3.05) is 0 Å². The molecule has 0 fully saturated rings. The minimum absolute atomic E-state index is 0.331. The first-order chi connectivity index (χ1) is 9.86. The largest absolute Gasteiger partial charge is 0.539 e. The molecule has 0 unspecified atom stereocenters. The Morgan fingerprint density at radius 1 is 0.900 bits per heavy atom. The number of rotatable bonds is 2. The van der Waals surface area contributed by atoms with Crippen LogP contribution in [-0.4, -0.2) is 12.7 Å². The van der Waals surface area contributed by atoms with Crippen LogP contribution < -0.4 is 4.65 Å². The molecule has 0 amide bonds. The van der Waals surface area contributed by atoms with Crippen molar-refractivity contribution in [2.45, 2.75) is 0 Å². The van der Waals surface area contributed by atoms with E-state index in [2.05, 4.69) is 18.2 Å². The lowest BCUT2D eigenvalue weighted by Crippen LogP contribution is -1.99. The standard InChI is InChI=1S/C16H11BO3/c18-17-20-11-6-8-14-13(9-11)16-12-4-2-1-3-10(12)5-7-15(16)19-14/h1-9,17-18H. The lowest BCUT2D eigenvalue weighted by molar-refractivity contribution is 0.454. The number of furan rings is 1. The van der Waals surface area contributed by atoms with E-state index in [0.29, 0.717) is 5.75 Å². The molecule has 96 valence electrons. The zero-order valence-corrected chi connectivity index (χ0v) is 10.7. The lowest BCUT2D eigenvalue weighted by Gasteiger charge is -2.01. The minimum Gasteiger partial charge on any atom is -0.539 e. The van der Waals surface area contributed by atoms with Gasteiger partial charge in [0.15, 0.2) is 0 Å². The number of hydrogen-bond donors (Lipinski definition) is 1. The Morgan fingerprint density at radius 3 is 2.65 bits per heavy atom. The first-order valence-electron chi connectivity index (χ1n) is 6.44. The fraction of sp³-hybridized carbons (Fsp3) is 0. The topological polar surface area (TPSA) is 42.6 Å². The monoisotopic (exact) mass is 262 g/mol. The van der Waals surface area contributed by atoms with Crippen molar-refractivity contribution in [3.05, 3.63) is 54.6 Å². The second kappa shape index (κ2) is 4.29. The van der Waals surface area contributed by atoms with Crippen molar-refractivity contribution in [3.63, 3.8) is 0 Å². The summed E-state index contributed by atoms with van der Waals surface area (Å²) in [4.78, 5) is 0. The maximum absolute atomic E-state index is 8.88. The van der Waals surface area contributed by atoms with E-state index < -0.39 is 0 Å². The molecule has 1 heterocycles. The third-order valence-electron chi connectivity index (χ3n) is 3.56. The molecule has 0 aliphatic carbocycles. The van der Waals surface area contributed by atoms with Gasteiger partial charge in [-0.2, -0.15) is 0 Å². The van der Waals surface area contributed by atoms with Gasteiger partial charge in [-0.15, -0.1) is 0 Å². The van der Waals surface area contributed by atoms with Crippen LogP contribution in [0.25, 0.3) is 32.7 Å². The van der Waals surface area contributed by atoms with E-state index in [1.165, 1.54) is 5.39 Å². The Kier molecular flexibility index (Phi) is 2.44. The summed E-state index contributed by atoms with van der Waals surface area (Å²) in [5.41, 5.74) is 1.68. The second-order valence-corrected chi connectivity index (χ2v) is 4.69. The van der Waals surface area contributed by atoms with Crippen molar-refractivity contribution in [1.29, 1.82) is 0 Å². The van der Waals surface area contributed by atoms with Gasteiger partial charge in [-0.05, 0) is 35.0 Å². The average molecular weight is 262 g/mol. The molecule has 3 nitrogen and oxygen atoms in total. The Morgan fingerprint density at radius 2 is 1.75 bits per heavy atom. The zero-order chi connectivity index (χ0) is 13.5. The highest BCUT2D eigenvalue weighted by Gasteiger charge is 2.11. The normalized spacial score (nSPS) is 11.2. The van der Waals surface area contributed by atoms with Gasteiger partial charge in [0, 0.05) is 10.8 Å². The third kappa shape index (κ3) is 1.59. The molecule has 0 saturated heterocycles. The smallest absolute Gasteiger partial charge is 0.504 e. The van der Waals surface area contributed by atoms with Crippen LogP contribution in [-0.2, 0) is 0 Å². The van der Waals surface area contributed by atoms with Crippen LogP contribution in [0.1, 0.15) is 0 Å². The highest BCUT2D eigenvalue weighted by atomic mass is 16.5. The summed E-state index contributed by atoms with van der Waals surface area (Å²) in [5, 5.41) is 13.3. The van der Waals surface area contributed by atoms with Crippen LogP contribution >= 0.6 is 0 Å². The highest BCUT2D eigenvalue weighted by molar-refractivity contribution is 6.20. The molecule has 1 N–H and O–H groups in total. The summed E-state index contributed by atoms with van der Waals surface area (Å²) in [7, 11) is -0.331. The summed E-state index contributed by atoms with van der Waals surface area (Å²) in [6.45, 7) is 0. The molecular formula is C16H11BO3. The SMILES string of the molecule is OBOc1ccc2oc3ccc4ccccc4c3c2c1. The predicted molar refractivity (Wildman–Crippen MR) is 81.2 cm³/mol. The van der Waals surface area contributed by atoms with E-state index >= 15 is 0 Å². The average Bonchev–Trinajstić information content (AvgIpc) is 2.86. The molecule has 3 aromatic carbocycles. The van der Waals surface area contributed by atoms with E-state index in [1.54, 1.807) is 6.07 Å². The van der Waals surface area contributed by atoms with Crippen LogP contribution in [0.3, 0.4) is 0 Å². The van der Waals surface area contributed by atoms with Crippen molar-refractivity contribution in [3.8, 4) is 5.75 Å². The summed E-state index contributed by atoms with van der Waals surface area (Å²) in [6.07, 6.45) is 0. The van der Waals surface area contributed by atoms with Crippen LogP contribution in [0.4, 0.5) is 0 Å². The van der Waals surface area contributed by atoms with E-state index in [-0.39, 0.29) is 7.69 Å². The molecule has 0 radical (unpaired) electrons. The quantitative estimate of drug-likeness (QED) is 0.563. The predicted octanol–water partition coefficient (Wildman–Crippen LogP) is 3.38. The van der Waals surface area contributed by atoms with Crippen molar-refractivity contribution >= 4 is 40.4 Å². The second-order valence-electron chi connectivity index (χ2n) is 4.69. The maximum atomic E-state index is 8.88. The van der Waals surface area contributed by atoms with Crippen LogP contribution in [0.15, 0.2) is 59.0 Å². The Bertz CT molecular complexity index is 927. The van der Waals surface area contributed by atoms with Gasteiger partial charge in [0.1, 0.15) is 16.9 Å². The summed E-state index contributed by atoms with van der Waals surface area (Å²) in [5.74, 6) is 0.635. The maximum Gasteiger partial charge on any atom is 0.504 e. The highest BCUT2D eigenvalue weighted by Crippen LogP contribution is 2.36. The van der Waals surface area contributed by atoms with Crippen LogP contribution in [0.5, 0.6) is 5.75 Å². The fourth-order valence-corrected chi connectivity index (χ4v) is 2.69. The molecule has 0 saturated carbocycles. The lowest BCUT2D eigenvalue weighted by atomic mass is 10.0. The molecule has 20 heavy (non-hydrogen) atoms. The van der Waals surface area contributed by atoms with E-state index in [9.17, 15) is 0 Å². The molecule has 0 bridgehead atoms. The minimum atomic E-state index is -0.331. The van der Waals surface area contributed by atoms with Gasteiger partial charge in [0.25, 0.3) is 0 Å². The van der Waals surface area contributed by atoms with Gasteiger partial charge >= 0.3 is 7.69 Å².